The van der Waals surface area contributed by atoms with Crippen LogP contribution in [0.5, 0.6) is 0 Å². The number of carboxylic acid groups (broad SMARTS) is 1. The monoisotopic (exact) mass is 568 g/mol. The molecule has 13 heteroatoms. The first-order valence-electron chi connectivity index (χ1n) is 13.0. The maximum absolute atomic E-state index is 14.6. The fourth-order valence-corrected chi connectivity index (χ4v) is 4.87. The minimum absolute atomic E-state index is 0.0151. The van der Waals surface area contributed by atoms with Crippen molar-refractivity contribution in [1.82, 2.24) is 20.0 Å². The van der Waals surface area contributed by atoms with E-state index in [1.165, 1.54) is 29.9 Å². The summed E-state index contributed by atoms with van der Waals surface area (Å²) in [6.45, 7) is 4.44. The van der Waals surface area contributed by atoms with Gasteiger partial charge < -0.3 is 14.9 Å². The predicted molar refractivity (Wildman–Crippen MR) is 136 cm³/mol. The molecule has 0 spiro atoms. The first-order valence-corrected chi connectivity index (χ1v) is 13.0. The molecule has 0 bridgehead atoms. The van der Waals surface area contributed by atoms with Crippen molar-refractivity contribution in [2.45, 2.75) is 71.0 Å². The van der Waals surface area contributed by atoms with Gasteiger partial charge in [0.1, 0.15) is 12.4 Å². The Kier molecular flexibility index (Phi) is 10.0. The second-order valence-corrected chi connectivity index (χ2v) is 10.0. The van der Waals surface area contributed by atoms with Gasteiger partial charge in [-0.15, -0.1) is 0 Å². The Balaban J connectivity index is 0.000000559. The number of halogens is 4. The minimum atomic E-state index is -5.08. The van der Waals surface area contributed by atoms with Crippen LogP contribution in [0.1, 0.15) is 71.3 Å². The number of aliphatic carboxylic acids is 1. The highest BCUT2D eigenvalue weighted by molar-refractivity contribution is 5.97. The molecule has 40 heavy (non-hydrogen) atoms. The lowest BCUT2D eigenvalue weighted by molar-refractivity contribution is -0.192. The van der Waals surface area contributed by atoms with Gasteiger partial charge in [-0.2, -0.15) is 18.3 Å². The van der Waals surface area contributed by atoms with Crippen LogP contribution in [0.4, 0.5) is 17.6 Å². The number of alkyl halides is 3. The molecule has 0 atom stereocenters. The van der Waals surface area contributed by atoms with Gasteiger partial charge in [-0.05, 0) is 49.9 Å². The maximum Gasteiger partial charge on any atom is 0.490 e. The van der Waals surface area contributed by atoms with E-state index in [1.54, 1.807) is 13.0 Å². The smallest absolute Gasteiger partial charge is 0.475 e. The van der Waals surface area contributed by atoms with Gasteiger partial charge in [-0.3, -0.25) is 14.4 Å². The van der Waals surface area contributed by atoms with Gasteiger partial charge in [0.05, 0.1) is 11.3 Å². The first kappa shape index (κ1) is 30.8. The molecule has 2 fully saturated rings. The van der Waals surface area contributed by atoms with Crippen molar-refractivity contribution in [3.05, 3.63) is 62.3 Å². The Morgan fingerprint density at radius 3 is 2.25 bits per heavy atom. The topological polar surface area (TPSA) is 124 Å². The number of hydrogen-bond donors (Lipinski definition) is 2. The van der Waals surface area contributed by atoms with E-state index in [9.17, 15) is 31.9 Å². The molecule has 1 saturated heterocycles. The fraction of sp³-hybridized carbons (Fsp3) is 0.519. The van der Waals surface area contributed by atoms with Crippen LogP contribution in [0, 0.1) is 19.7 Å². The molecule has 1 aromatic heterocycles. The standard InChI is InChI=1S/C25H31FN4O3.C2HF3O2/c1-16-17(2)24(32)28-27-22(16)14-18-9-10-21(26)20(13-18)25(33)29-11-12-30(23(31)15-29)19-7-5-3-4-6-8-19;3-2(4,5)1(6)7/h9-10,13,19H,3-8,11-12,14-15H2,1-2H3,(H,28,32);(H,6,7). The predicted octanol–water partition coefficient (Wildman–Crippen LogP) is 3.76. The lowest BCUT2D eigenvalue weighted by Gasteiger charge is -2.39. The third kappa shape index (κ3) is 7.66. The van der Waals surface area contributed by atoms with Crippen molar-refractivity contribution in [1.29, 1.82) is 0 Å². The number of H-pyrrole nitrogens is 1. The zero-order chi connectivity index (χ0) is 29.6. The number of nitrogens with zero attached hydrogens (tertiary/aromatic N) is 3. The Morgan fingerprint density at radius 1 is 1.05 bits per heavy atom. The number of carbonyl (C=O) groups excluding carboxylic acids is 2. The Labute approximate surface area is 228 Å². The summed E-state index contributed by atoms with van der Waals surface area (Å²) < 4.78 is 46.4. The third-order valence-electron chi connectivity index (χ3n) is 7.31. The lowest BCUT2D eigenvalue weighted by Crippen LogP contribution is -2.55. The molecule has 0 radical (unpaired) electrons. The molecule has 2 N–H and O–H groups in total. The molecule has 1 aliphatic heterocycles. The number of piperazine rings is 1. The van der Waals surface area contributed by atoms with Crippen molar-refractivity contribution in [2.24, 2.45) is 0 Å². The van der Waals surface area contributed by atoms with Crippen LogP contribution in [-0.2, 0) is 16.0 Å². The van der Waals surface area contributed by atoms with E-state index in [4.69, 9.17) is 9.90 Å². The molecule has 0 unspecified atom stereocenters. The number of hydrogen-bond acceptors (Lipinski definition) is 5. The molecule has 1 saturated carbocycles. The number of carbonyl (C=O) groups is 3. The Morgan fingerprint density at radius 2 is 1.68 bits per heavy atom. The molecular formula is C27H32F4N4O5. The van der Waals surface area contributed by atoms with Gasteiger partial charge in [-0.1, -0.05) is 31.7 Å². The molecule has 1 aliphatic carbocycles. The molecule has 2 aliphatic rings. The van der Waals surface area contributed by atoms with E-state index in [-0.39, 0.29) is 29.6 Å². The highest BCUT2D eigenvalue weighted by Gasteiger charge is 2.38. The van der Waals surface area contributed by atoms with Crippen molar-refractivity contribution in [2.75, 3.05) is 19.6 Å². The van der Waals surface area contributed by atoms with Crippen LogP contribution >= 0.6 is 0 Å². The van der Waals surface area contributed by atoms with Gasteiger partial charge in [0, 0.05) is 31.1 Å². The second-order valence-electron chi connectivity index (χ2n) is 10.0. The molecule has 4 rings (SSSR count). The molecular weight excluding hydrogens is 536 g/mol. The van der Waals surface area contributed by atoms with Gasteiger partial charge in [0.15, 0.2) is 0 Å². The Bertz CT molecular complexity index is 1300. The first-order chi connectivity index (χ1) is 18.8. The number of aromatic amines is 1. The van der Waals surface area contributed by atoms with Crippen LogP contribution in [0.3, 0.4) is 0 Å². The highest BCUT2D eigenvalue weighted by Crippen LogP contribution is 2.24. The second kappa shape index (κ2) is 13.1. The summed E-state index contributed by atoms with van der Waals surface area (Å²) in [5, 5.41) is 13.7. The largest absolute Gasteiger partial charge is 0.490 e. The summed E-state index contributed by atoms with van der Waals surface area (Å²) in [5.41, 5.74) is 2.47. The summed E-state index contributed by atoms with van der Waals surface area (Å²) in [7, 11) is 0. The van der Waals surface area contributed by atoms with Crippen LogP contribution in [-0.4, -0.2) is 74.7 Å². The average Bonchev–Trinajstić information content (AvgIpc) is 3.19. The normalized spacial score (nSPS) is 16.7. The van der Waals surface area contributed by atoms with Crippen LogP contribution in [0.2, 0.25) is 0 Å². The van der Waals surface area contributed by atoms with Crippen molar-refractivity contribution in [3.8, 4) is 0 Å². The number of carboxylic acids is 1. The van der Waals surface area contributed by atoms with Crippen molar-refractivity contribution in [3.63, 3.8) is 0 Å². The molecule has 9 nitrogen and oxygen atoms in total. The fourth-order valence-electron chi connectivity index (χ4n) is 4.87. The number of rotatable bonds is 4. The average molecular weight is 569 g/mol. The molecule has 218 valence electrons. The summed E-state index contributed by atoms with van der Waals surface area (Å²) >= 11 is 0. The van der Waals surface area contributed by atoms with Crippen LogP contribution in [0.25, 0.3) is 0 Å². The van der Waals surface area contributed by atoms with Crippen molar-refractivity contribution < 1.29 is 37.1 Å². The van der Waals surface area contributed by atoms with E-state index in [2.05, 4.69) is 10.2 Å². The number of benzene rings is 1. The Hall–Kier alpha value is -3.77. The van der Waals surface area contributed by atoms with E-state index < -0.39 is 23.9 Å². The van der Waals surface area contributed by atoms with E-state index in [0.29, 0.717) is 36.3 Å². The SMILES string of the molecule is Cc1c(Cc2ccc(F)c(C(=O)N3CCN(C4CCCCCC4)C(=O)C3)c2)n[nH]c(=O)c1C.O=C(O)C(F)(F)F. The zero-order valence-corrected chi connectivity index (χ0v) is 22.3. The molecule has 1 aromatic carbocycles. The van der Waals surface area contributed by atoms with Gasteiger partial charge in [0.25, 0.3) is 11.5 Å². The maximum atomic E-state index is 14.6. The van der Waals surface area contributed by atoms with Crippen LogP contribution in [0.15, 0.2) is 23.0 Å². The van der Waals surface area contributed by atoms with Gasteiger partial charge in [0.2, 0.25) is 5.91 Å². The van der Waals surface area contributed by atoms with Crippen LogP contribution < -0.4 is 5.56 Å². The summed E-state index contributed by atoms with van der Waals surface area (Å²) in [6, 6.07) is 4.68. The highest BCUT2D eigenvalue weighted by atomic mass is 19.4. The van der Waals surface area contributed by atoms with Crippen molar-refractivity contribution >= 4 is 17.8 Å². The zero-order valence-electron chi connectivity index (χ0n) is 22.3. The van der Waals surface area contributed by atoms with E-state index in [1.807, 2.05) is 11.8 Å². The van der Waals surface area contributed by atoms with Gasteiger partial charge >= 0.3 is 12.1 Å². The minimum Gasteiger partial charge on any atom is -0.475 e. The number of aromatic nitrogens is 2. The quantitative estimate of drug-likeness (QED) is 0.428. The van der Waals surface area contributed by atoms with Gasteiger partial charge in [-0.25, -0.2) is 14.3 Å². The van der Waals surface area contributed by atoms with E-state index >= 15 is 0 Å². The summed E-state index contributed by atoms with van der Waals surface area (Å²) in [6.07, 6.45) is 2.02. The number of nitrogens with one attached hydrogen (secondary N) is 1. The van der Waals surface area contributed by atoms with E-state index in [0.717, 1.165) is 31.2 Å². The number of amides is 2. The molecule has 2 amide bonds. The summed E-state index contributed by atoms with van der Waals surface area (Å²) in [5.74, 6) is -3.88. The summed E-state index contributed by atoms with van der Waals surface area (Å²) in [4.78, 5) is 50.0. The third-order valence-corrected chi connectivity index (χ3v) is 7.31. The molecule has 2 aromatic rings. The lowest BCUT2D eigenvalue weighted by atomic mass is 10.0. The molecule has 2 heterocycles.